The predicted molar refractivity (Wildman–Crippen MR) is 279 cm³/mol. The van der Waals surface area contributed by atoms with Crippen molar-refractivity contribution in [1.29, 1.82) is 0 Å². The van der Waals surface area contributed by atoms with Crippen LogP contribution in [0.2, 0.25) is 0 Å². The Labute approximate surface area is 400 Å². The van der Waals surface area contributed by atoms with E-state index in [-0.39, 0.29) is 37.5 Å². The molecule has 0 aliphatic carbocycles. The first-order valence-electron chi connectivity index (χ1n) is 26.7. The summed E-state index contributed by atoms with van der Waals surface area (Å²) in [6.45, 7) is 6.44. The molecule has 0 aromatic rings. The topological polar surface area (TPSA) is 78.9 Å². The Morgan fingerprint density at radius 3 is 1.02 bits per heavy atom. The lowest BCUT2D eigenvalue weighted by atomic mass is 10.1. The Morgan fingerprint density at radius 1 is 0.323 bits per heavy atom. The second kappa shape index (κ2) is 52.9. The van der Waals surface area contributed by atoms with Crippen molar-refractivity contribution in [2.24, 2.45) is 0 Å². The van der Waals surface area contributed by atoms with E-state index in [0.29, 0.717) is 19.3 Å². The third kappa shape index (κ3) is 51.2. The van der Waals surface area contributed by atoms with E-state index in [2.05, 4.69) is 118 Å². The van der Waals surface area contributed by atoms with Crippen LogP contribution in [0.4, 0.5) is 0 Å². The number of allylic oxidation sites excluding steroid dienone is 16. The lowest BCUT2D eigenvalue weighted by Gasteiger charge is -2.18. The van der Waals surface area contributed by atoms with E-state index in [1.807, 2.05) is 0 Å². The lowest BCUT2D eigenvalue weighted by Crippen LogP contribution is -2.30. The van der Waals surface area contributed by atoms with Crippen molar-refractivity contribution in [3.8, 4) is 0 Å². The minimum Gasteiger partial charge on any atom is -0.462 e. The van der Waals surface area contributed by atoms with E-state index < -0.39 is 6.10 Å². The van der Waals surface area contributed by atoms with Gasteiger partial charge in [0.25, 0.3) is 0 Å². The number of carbonyl (C=O) groups is 3. The molecule has 1 unspecified atom stereocenters. The Hall–Kier alpha value is -3.67. The fourth-order valence-electron chi connectivity index (χ4n) is 7.07. The van der Waals surface area contributed by atoms with Gasteiger partial charge in [0.05, 0.1) is 0 Å². The van der Waals surface area contributed by atoms with Gasteiger partial charge in [0, 0.05) is 19.3 Å². The summed E-state index contributed by atoms with van der Waals surface area (Å²) in [4.78, 5) is 37.9. The minimum absolute atomic E-state index is 0.0980. The lowest BCUT2D eigenvalue weighted by molar-refractivity contribution is -0.167. The van der Waals surface area contributed by atoms with Gasteiger partial charge in [0.15, 0.2) is 6.10 Å². The largest absolute Gasteiger partial charge is 0.462 e. The van der Waals surface area contributed by atoms with Gasteiger partial charge in [-0.15, -0.1) is 0 Å². The number of hydrogen-bond donors (Lipinski definition) is 0. The predicted octanol–water partition coefficient (Wildman–Crippen LogP) is 17.8. The molecule has 1 atom stereocenters. The molecule has 0 saturated heterocycles. The summed E-state index contributed by atoms with van der Waals surface area (Å²) in [6, 6.07) is 0. The van der Waals surface area contributed by atoms with Crippen molar-refractivity contribution in [1.82, 2.24) is 0 Å². The zero-order chi connectivity index (χ0) is 47.2. The van der Waals surface area contributed by atoms with Crippen LogP contribution in [0.3, 0.4) is 0 Å². The molecule has 0 aliphatic heterocycles. The Bertz CT molecular complexity index is 1310. The number of carbonyl (C=O) groups excluding carboxylic acids is 3. The maximum atomic E-state index is 12.8. The highest BCUT2D eigenvalue weighted by Crippen LogP contribution is 2.14. The first kappa shape index (κ1) is 61.3. The van der Waals surface area contributed by atoms with Gasteiger partial charge in [-0.25, -0.2) is 0 Å². The van der Waals surface area contributed by atoms with Crippen LogP contribution in [-0.4, -0.2) is 37.2 Å². The summed E-state index contributed by atoms with van der Waals surface area (Å²) in [6.07, 6.45) is 69.7. The molecule has 0 radical (unpaired) electrons. The molecule has 0 amide bonds. The first-order valence-corrected chi connectivity index (χ1v) is 26.7. The average Bonchev–Trinajstić information content (AvgIpc) is 3.30. The summed E-state index contributed by atoms with van der Waals surface area (Å²) in [7, 11) is 0. The van der Waals surface area contributed by atoms with Gasteiger partial charge in [-0.05, 0) is 96.3 Å². The number of esters is 3. The van der Waals surface area contributed by atoms with Crippen molar-refractivity contribution in [2.75, 3.05) is 13.2 Å². The molecular weight excluding hydrogens is 805 g/mol. The normalized spacial score (nSPS) is 12.8. The number of ether oxygens (including phenoxy) is 3. The maximum Gasteiger partial charge on any atom is 0.306 e. The average molecular weight is 903 g/mol. The van der Waals surface area contributed by atoms with Crippen molar-refractivity contribution >= 4 is 17.9 Å². The first-order chi connectivity index (χ1) is 32.0. The second-order valence-electron chi connectivity index (χ2n) is 17.4. The number of rotatable bonds is 47. The van der Waals surface area contributed by atoms with Crippen LogP contribution in [0.15, 0.2) is 97.2 Å². The SMILES string of the molecule is CC/C=C\C/C=C\C/C=C\C/C=C\C/C=C\C/C=C\C/C=C\CCCC(=O)OCC(COC(=O)CCCCCCCCCCCC)OC(=O)CCCCCCC/C=C\CCCCCCC. The van der Waals surface area contributed by atoms with Gasteiger partial charge in [-0.3, -0.25) is 14.4 Å². The zero-order valence-corrected chi connectivity index (χ0v) is 42.2. The van der Waals surface area contributed by atoms with Crippen molar-refractivity contribution in [3.05, 3.63) is 97.2 Å². The van der Waals surface area contributed by atoms with Gasteiger partial charge in [0.1, 0.15) is 13.2 Å². The van der Waals surface area contributed by atoms with Crippen molar-refractivity contribution in [3.63, 3.8) is 0 Å². The molecule has 0 rings (SSSR count). The molecule has 0 fully saturated rings. The van der Waals surface area contributed by atoms with Crippen molar-refractivity contribution in [2.45, 2.75) is 245 Å². The highest BCUT2D eigenvalue weighted by atomic mass is 16.6. The molecule has 0 saturated carbocycles. The van der Waals surface area contributed by atoms with E-state index in [1.165, 1.54) is 89.9 Å². The van der Waals surface area contributed by atoms with Crippen LogP contribution >= 0.6 is 0 Å². The fraction of sp³-hybridized carbons (Fsp3) is 0.678. The summed E-state index contributed by atoms with van der Waals surface area (Å²) in [5, 5.41) is 0. The maximum absolute atomic E-state index is 12.8. The molecule has 6 nitrogen and oxygen atoms in total. The summed E-state index contributed by atoms with van der Waals surface area (Å²) in [5.41, 5.74) is 0. The number of unbranched alkanes of at least 4 members (excludes halogenated alkanes) is 20. The Kier molecular flexibility index (Phi) is 50.0. The van der Waals surface area contributed by atoms with Gasteiger partial charge in [0.2, 0.25) is 0 Å². The summed E-state index contributed by atoms with van der Waals surface area (Å²) >= 11 is 0. The Morgan fingerprint density at radius 2 is 0.615 bits per heavy atom. The molecular formula is C59H98O6. The zero-order valence-electron chi connectivity index (χ0n) is 42.2. The van der Waals surface area contributed by atoms with Gasteiger partial charge in [-0.2, -0.15) is 0 Å². The third-order valence-corrected chi connectivity index (χ3v) is 11.1. The van der Waals surface area contributed by atoms with Crippen LogP contribution in [-0.2, 0) is 28.6 Å². The standard InChI is InChI=1S/C59H98O6/c1-4-7-10-13-16-19-22-24-26-27-28-29-30-31-32-33-34-36-37-40-43-46-49-52-58(61)64-55-56(54-63-57(60)51-48-45-42-39-21-18-15-12-9-6-3)65-59(62)53-50-47-44-41-38-35-25-23-20-17-14-11-8-5-2/h7,10,16,19,23-26,28-29,31-32,34,36,40,43,56H,4-6,8-9,11-15,17-18,20-22,27,30,33,35,37-39,41-42,44-55H2,1-3H3/b10-7-,19-16-,25-23-,26-24-,29-28-,32-31-,36-34-,43-40-. The smallest absolute Gasteiger partial charge is 0.306 e. The monoisotopic (exact) mass is 903 g/mol. The molecule has 6 heteroatoms. The molecule has 0 aromatic carbocycles. The molecule has 0 spiro atoms. The van der Waals surface area contributed by atoms with Crippen molar-refractivity contribution < 1.29 is 28.6 Å². The molecule has 0 N–H and O–H groups in total. The molecule has 370 valence electrons. The van der Waals surface area contributed by atoms with Crippen LogP contribution in [0.1, 0.15) is 239 Å². The fourth-order valence-corrected chi connectivity index (χ4v) is 7.07. The van der Waals surface area contributed by atoms with E-state index >= 15 is 0 Å². The molecule has 0 aliphatic rings. The second-order valence-corrected chi connectivity index (χ2v) is 17.4. The van der Waals surface area contributed by atoms with E-state index in [9.17, 15) is 14.4 Å². The van der Waals surface area contributed by atoms with Crippen LogP contribution in [0.25, 0.3) is 0 Å². The van der Waals surface area contributed by atoms with Gasteiger partial charge < -0.3 is 14.2 Å². The molecule has 0 aromatic heterocycles. The minimum atomic E-state index is -0.803. The third-order valence-electron chi connectivity index (χ3n) is 11.1. The van der Waals surface area contributed by atoms with Crippen LogP contribution < -0.4 is 0 Å². The molecule has 0 bridgehead atoms. The van der Waals surface area contributed by atoms with E-state index in [0.717, 1.165) is 103 Å². The molecule has 0 heterocycles. The van der Waals surface area contributed by atoms with Gasteiger partial charge in [-0.1, -0.05) is 221 Å². The summed E-state index contributed by atoms with van der Waals surface area (Å²) < 4.78 is 16.7. The highest BCUT2D eigenvalue weighted by molar-refractivity contribution is 5.71. The van der Waals surface area contributed by atoms with Crippen LogP contribution in [0, 0.1) is 0 Å². The quantitative estimate of drug-likeness (QED) is 0.0262. The number of hydrogen-bond acceptors (Lipinski definition) is 6. The summed E-state index contributed by atoms with van der Waals surface area (Å²) in [5.74, 6) is -0.972. The van der Waals surface area contributed by atoms with E-state index in [4.69, 9.17) is 14.2 Å². The van der Waals surface area contributed by atoms with Crippen LogP contribution in [0.5, 0.6) is 0 Å². The van der Waals surface area contributed by atoms with E-state index in [1.54, 1.807) is 0 Å². The highest BCUT2D eigenvalue weighted by Gasteiger charge is 2.19. The Balaban J connectivity index is 4.44. The van der Waals surface area contributed by atoms with Gasteiger partial charge >= 0.3 is 17.9 Å². The molecule has 65 heavy (non-hydrogen) atoms.